The number of urea groups is 1. The molecule has 4 amide bonds. The van der Waals surface area contributed by atoms with Crippen LogP contribution < -0.4 is 10.2 Å². The number of hydrogen-bond donors (Lipinski definition) is 1. The number of anilines is 1. The first-order valence-corrected chi connectivity index (χ1v) is 10.1. The highest BCUT2D eigenvalue weighted by Gasteiger charge is 2.51. The lowest BCUT2D eigenvalue weighted by Crippen LogP contribution is -2.45. The topological polar surface area (TPSA) is 73.0 Å². The largest absolute Gasteiger partial charge is 0.378 e. The zero-order valence-electron chi connectivity index (χ0n) is 18.2. The molecule has 1 aliphatic heterocycles. The summed E-state index contributed by atoms with van der Waals surface area (Å²) in [5.74, 6) is -1.30. The smallest absolute Gasteiger partial charge is 0.325 e. The van der Waals surface area contributed by atoms with Gasteiger partial charge in [0.2, 0.25) is 5.91 Å². The Bertz CT molecular complexity index is 975. The van der Waals surface area contributed by atoms with Gasteiger partial charge in [-0.25, -0.2) is 9.18 Å². The molecule has 8 heteroatoms. The number of hydrogen-bond acceptors (Lipinski definition) is 4. The molecule has 1 atom stereocenters. The molecule has 1 N–H and O–H groups in total. The summed E-state index contributed by atoms with van der Waals surface area (Å²) in [5, 5.41) is 2.70. The van der Waals surface area contributed by atoms with E-state index < -0.39 is 23.3 Å². The van der Waals surface area contributed by atoms with Crippen molar-refractivity contribution in [2.75, 3.05) is 32.6 Å². The molecule has 0 aliphatic carbocycles. The van der Waals surface area contributed by atoms with Crippen molar-refractivity contribution in [2.45, 2.75) is 25.4 Å². The van der Waals surface area contributed by atoms with Gasteiger partial charge in [0.1, 0.15) is 17.9 Å². The highest BCUT2D eigenvalue weighted by atomic mass is 19.1. The van der Waals surface area contributed by atoms with Crippen LogP contribution in [0.25, 0.3) is 0 Å². The van der Waals surface area contributed by atoms with E-state index in [1.807, 2.05) is 43.3 Å². The van der Waals surface area contributed by atoms with Crippen molar-refractivity contribution < 1.29 is 18.8 Å². The second kappa shape index (κ2) is 8.75. The van der Waals surface area contributed by atoms with E-state index in [1.54, 1.807) is 14.0 Å². The van der Waals surface area contributed by atoms with Gasteiger partial charge in [-0.15, -0.1) is 0 Å². The van der Waals surface area contributed by atoms with Gasteiger partial charge in [-0.1, -0.05) is 31.2 Å². The molecule has 3 rings (SSSR count). The average molecular weight is 426 g/mol. The lowest BCUT2D eigenvalue weighted by atomic mass is 9.87. The first-order valence-electron chi connectivity index (χ1n) is 10.1. The van der Waals surface area contributed by atoms with Crippen molar-refractivity contribution in [1.82, 2.24) is 15.1 Å². The molecule has 31 heavy (non-hydrogen) atoms. The van der Waals surface area contributed by atoms with Crippen LogP contribution in [-0.2, 0) is 21.7 Å². The van der Waals surface area contributed by atoms with Crippen molar-refractivity contribution in [3.8, 4) is 0 Å². The van der Waals surface area contributed by atoms with Crippen molar-refractivity contribution in [3.05, 3.63) is 65.5 Å². The standard InChI is InChI=1S/C23H27FN4O3/c1-5-23(17-8-10-18(24)11-9-17)21(30)28(22(31)25-23)15-20(29)27(4)14-16-6-12-19(13-7-16)26(2)3/h6-13H,5,14-15H2,1-4H3,(H,25,31)/t23-/m1/s1. The summed E-state index contributed by atoms with van der Waals surface area (Å²) < 4.78 is 13.3. The molecule has 0 bridgehead atoms. The second-order valence-corrected chi connectivity index (χ2v) is 7.90. The molecule has 164 valence electrons. The number of nitrogens with zero attached hydrogens (tertiary/aromatic N) is 3. The van der Waals surface area contributed by atoms with Gasteiger partial charge in [0.15, 0.2) is 0 Å². The molecule has 0 radical (unpaired) electrons. The van der Waals surface area contributed by atoms with Crippen LogP contribution in [-0.4, -0.2) is 55.3 Å². The van der Waals surface area contributed by atoms with Crippen LogP contribution >= 0.6 is 0 Å². The number of nitrogens with one attached hydrogen (secondary N) is 1. The fourth-order valence-electron chi connectivity index (χ4n) is 3.66. The number of likely N-dealkylation sites (N-methyl/N-ethyl adjacent to an activating group) is 1. The quantitative estimate of drug-likeness (QED) is 0.691. The van der Waals surface area contributed by atoms with Gasteiger partial charge in [-0.2, -0.15) is 0 Å². The first-order chi connectivity index (χ1) is 14.7. The van der Waals surface area contributed by atoms with E-state index in [0.717, 1.165) is 16.2 Å². The van der Waals surface area contributed by atoms with Gasteiger partial charge >= 0.3 is 6.03 Å². The maximum absolute atomic E-state index is 13.3. The van der Waals surface area contributed by atoms with E-state index in [1.165, 1.54) is 29.2 Å². The molecule has 1 aliphatic rings. The van der Waals surface area contributed by atoms with Gasteiger partial charge in [0.05, 0.1) is 0 Å². The highest BCUT2D eigenvalue weighted by molar-refractivity contribution is 6.09. The van der Waals surface area contributed by atoms with Crippen molar-refractivity contribution in [2.24, 2.45) is 0 Å². The van der Waals surface area contributed by atoms with Gasteiger partial charge in [0.25, 0.3) is 5.91 Å². The van der Waals surface area contributed by atoms with E-state index >= 15 is 0 Å². The Kier molecular flexibility index (Phi) is 6.29. The predicted octanol–water partition coefficient (Wildman–Crippen LogP) is 2.71. The molecule has 0 unspecified atom stereocenters. The van der Waals surface area contributed by atoms with Gasteiger partial charge in [-0.05, 0) is 41.8 Å². The molecule has 2 aromatic carbocycles. The normalized spacial score (nSPS) is 18.2. The Morgan fingerprint density at radius 2 is 1.65 bits per heavy atom. The minimum Gasteiger partial charge on any atom is -0.378 e. The summed E-state index contributed by atoms with van der Waals surface area (Å²) in [5.41, 5.74) is 1.17. The van der Waals surface area contributed by atoms with Gasteiger partial charge < -0.3 is 15.1 Å². The third-order valence-corrected chi connectivity index (χ3v) is 5.63. The number of carbonyl (C=O) groups excluding carboxylic acids is 3. The van der Waals surface area contributed by atoms with E-state index in [0.29, 0.717) is 12.1 Å². The van der Waals surface area contributed by atoms with Crippen LogP contribution in [0.5, 0.6) is 0 Å². The molecule has 0 spiro atoms. The number of amides is 4. The summed E-state index contributed by atoms with van der Waals surface area (Å²) in [6.45, 7) is 1.75. The van der Waals surface area contributed by atoms with Crippen LogP contribution in [0.4, 0.5) is 14.9 Å². The molecule has 2 aromatic rings. The van der Waals surface area contributed by atoms with E-state index in [9.17, 15) is 18.8 Å². The maximum Gasteiger partial charge on any atom is 0.325 e. The Hall–Kier alpha value is -3.42. The minimum absolute atomic E-state index is 0.280. The molecule has 1 saturated heterocycles. The van der Waals surface area contributed by atoms with Crippen molar-refractivity contribution in [3.63, 3.8) is 0 Å². The summed E-state index contributed by atoms with van der Waals surface area (Å²) in [7, 11) is 5.53. The molecule has 0 aromatic heterocycles. The van der Waals surface area contributed by atoms with Crippen LogP contribution in [0.15, 0.2) is 48.5 Å². The first kappa shape index (κ1) is 22.3. The molecule has 1 heterocycles. The minimum atomic E-state index is -1.30. The number of rotatable bonds is 7. The Morgan fingerprint density at radius 1 is 1.03 bits per heavy atom. The van der Waals surface area contributed by atoms with Crippen molar-refractivity contribution >= 4 is 23.5 Å². The van der Waals surface area contributed by atoms with Gasteiger partial charge in [0, 0.05) is 33.4 Å². The monoisotopic (exact) mass is 426 g/mol. The average Bonchev–Trinajstić information content (AvgIpc) is 2.99. The molecule has 7 nitrogen and oxygen atoms in total. The lowest BCUT2D eigenvalue weighted by molar-refractivity contribution is -0.138. The van der Waals surface area contributed by atoms with E-state index in [2.05, 4.69) is 5.32 Å². The third kappa shape index (κ3) is 4.38. The Balaban J connectivity index is 1.71. The summed E-state index contributed by atoms with van der Waals surface area (Å²) in [6.07, 6.45) is 0.280. The zero-order valence-corrected chi connectivity index (χ0v) is 18.2. The molecular formula is C23H27FN4O3. The van der Waals surface area contributed by atoms with E-state index in [-0.39, 0.29) is 18.9 Å². The summed E-state index contributed by atoms with van der Waals surface area (Å²) in [4.78, 5) is 42.8. The zero-order chi connectivity index (χ0) is 22.8. The summed E-state index contributed by atoms with van der Waals surface area (Å²) >= 11 is 0. The van der Waals surface area contributed by atoms with Gasteiger partial charge in [-0.3, -0.25) is 14.5 Å². The summed E-state index contributed by atoms with van der Waals surface area (Å²) in [6, 6.07) is 12.6. The van der Waals surface area contributed by atoms with Crippen LogP contribution in [0.3, 0.4) is 0 Å². The lowest BCUT2D eigenvalue weighted by Gasteiger charge is -2.26. The molecular weight excluding hydrogens is 399 g/mol. The van der Waals surface area contributed by atoms with Crippen LogP contribution in [0, 0.1) is 5.82 Å². The predicted molar refractivity (Wildman–Crippen MR) is 116 cm³/mol. The Morgan fingerprint density at radius 3 is 2.19 bits per heavy atom. The third-order valence-electron chi connectivity index (χ3n) is 5.63. The molecule has 1 fully saturated rings. The SMILES string of the molecule is CC[C@]1(c2ccc(F)cc2)NC(=O)N(CC(=O)N(C)Cc2ccc(N(C)C)cc2)C1=O. The Labute approximate surface area is 181 Å². The van der Waals surface area contributed by atoms with Crippen LogP contribution in [0.1, 0.15) is 24.5 Å². The number of benzene rings is 2. The number of imide groups is 1. The van der Waals surface area contributed by atoms with E-state index in [4.69, 9.17) is 0 Å². The maximum atomic E-state index is 13.3. The number of halogens is 1. The fraction of sp³-hybridized carbons (Fsp3) is 0.348. The molecule has 0 saturated carbocycles. The highest BCUT2D eigenvalue weighted by Crippen LogP contribution is 2.32. The number of carbonyl (C=O) groups is 3. The second-order valence-electron chi connectivity index (χ2n) is 7.90. The van der Waals surface area contributed by atoms with Crippen molar-refractivity contribution in [1.29, 1.82) is 0 Å². The van der Waals surface area contributed by atoms with Crippen LogP contribution in [0.2, 0.25) is 0 Å². The fourth-order valence-corrected chi connectivity index (χ4v) is 3.66.